The van der Waals surface area contributed by atoms with E-state index in [1.807, 2.05) is 38.1 Å². The van der Waals surface area contributed by atoms with Crippen molar-refractivity contribution in [3.05, 3.63) is 81.9 Å². The van der Waals surface area contributed by atoms with E-state index in [4.69, 9.17) is 18.3 Å². The highest BCUT2D eigenvalue weighted by Gasteiger charge is 2.60. The van der Waals surface area contributed by atoms with Gasteiger partial charge in [0.05, 0.1) is 18.1 Å². The number of amides is 1. The Morgan fingerprint density at radius 3 is 2.55 bits per heavy atom. The molecular formula is C32H35NO8Si. The van der Waals surface area contributed by atoms with Gasteiger partial charge in [0.25, 0.3) is 0 Å². The monoisotopic (exact) mass is 589 g/mol. The number of fused-ring (bicyclic) bond motifs is 2. The summed E-state index contributed by atoms with van der Waals surface area (Å²) in [6, 6.07) is 16.3. The first-order chi connectivity index (χ1) is 19.9. The first-order valence-electron chi connectivity index (χ1n) is 14.0. The second-order valence-corrected chi connectivity index (χ2v) is 12.9. The third-order valence-electron chi connectivity index (χ3n) is 7.72. The summed E-state index contributed by atoms with van der Waals surface area (Å²) >= 11 is 0. The van der Waals surface area contributed by atoms with E-state index >= 15 is 0 Å². The van der Waals surface area contributed by atoms with Crippen LogP contribution in [0.15, 0.2) is 75.1 Å². The molecule has 1 amide bonds. The van der Waals surface area contributed by atoms with Crippen LogP contribution >= 0.6 is 0 Å². The summed E-state index contributed by atoms with van der Waals surface area (Å²) in [4.78, 5) is 38.5. The van der Waals surface area contributed by atoms with Crippen LogP contribution in [0.25, 0.3) is 11.0 Å². The number of benzene rings is 2. The van der Waals surface area contributed by atoms with Gasteiger partial charge in [-0.25, -0.2) is 9.59 Å². The fourth-order valence-electron chi connectivity index (χ4n) is 5.50. The first kappa shape index (κ1) is 29.6. The molecule has 1 saturated heterocycles. The normalized spacial score (nSPS) is 20.8. The van der Waals surface area contributed by atoms with Gasteiger partial charge in [-0.2, -0.15) is 0 Å². The Kier molecular flexibility index (Phi) is 8.29. The Morgan fingerprint density at radius 1 is 1.07 bits per heavy atom. The molecular weight excluding hydrogens is 554 g/mol. The largest absolute Gasteiger partial charge is 0.489 e. The number of hydrogen-bond donors (Lipinski definition) is 1. The molecule has 0 spiro atoms. The molecule has 2 aromatic carbocycles. The molecule has 42 heavy (non-hydrogen) atoms. The highest BCUT2D eigenvalue weighted by atomic mass is 28.2. The number of carboxylic acid groups (broad SMARTS) is 1. The maximum absolute atomic E-state index is 13.2. The fourth-order valence-corrected chi connectivity index (χ4v) is 6.42. The van der Waals surface area contributed by atoms with Crippen LogP contribution in [-0.4, -0.2) is 50.4 Å². The van der Waals surface area contributed by atoms with Crippen molar-refractivity contribution in [1.29, 1.82) is 0 Å². The second kappa shape index (κ2) is 11.8. The highest BCUT2D eigenvalue weighted by Crippen LogP contribution is 2.47. The maximum atomic E-state index is 13.2. The van der Waals surface area contributed by atoms with Crippen molar-refractivity contribution in [3.63, 3.8) is 0 Å². The van der Waals surface area contributed by atoms with Crippen LogP contribution in [0.1, 0.15) is 40.2 Å². The van der Waals surface area contributed by atoms with Gasteiger partial charge >= 0.3 is 11.6 Å². The number of ether oxygens (including phenoxy) is 2. The van der Waals surface area contributed by atoms with Crippen LogP contribution < -0.4 is 15.1 Å². The standard InChI is InChI=1S/C32H35NO8Si/c1-18-23(29(31(36)37)33-28(18)27(30(33)35)19(2)41-42-17-32(3,4)5)16-39-24-9-7-6-8-21(24)15-38-22-12-10-20-11-13-26(34)40-25(20)14-22/h6-14,18-19,27-28H,15-17H2,1-5H3,(H,36,37)/t18-,19+,27+,28+/m0/s1. The second-order valence-electron chi connectivity index (χ2n) is 12.0. The molecule has 0 saturated carbocycles. The van der Waals surface area contributed by atoms with Crippen LogP contribution in [0.4, 0.5) is 0 Å². The van der Waals surface area contributed by atoms with E-state index in [2.05, 4.69) is 20.8 Å². The molecule has 4 atom stereocenters. The van der Waals surface area contributed by atoms with Crippen molar-refractivity contribution in [2.24, 2.45) is 17.3 Å². The molecule has 0 aliphatic carbocycles. The van der Waals surface area contributed by atoms with E-state index in [1.54, 1.807) is 24.3 Å². The number of β-lactam (4-membered cyclic amide) rings is 1. The number of para-hydroxylation sites is 1. The third-order valence-corrected chi connectivity index (χ3v) is 9.46. The molecule has 10 heteroatoms. The highest BCUT2D eigenvalue weighted by molar-refractivity contribution is 6.27. The summed E-state index contributed by atoms with van der Waals surface area (Å²) in [5, 5.41) is 10.9. The lowest BCUT2D eigenvalue weighted by atomic mass is 9.78. The van der Waals surface area contributed by atoms with E-state index in [0.29, 0.717) is 22.7 Å². The van der Waals surface area contributed by atoms with E-state index in [1.165, 1.54) is 11.0 Å². The van der Waals surface area contributed by atoms with Gasteiger partial charge in [0.2, 0.25) is 15.7 Å². The van der Waals surface area contributed by atoms with Crippen LogP contribution in [0.3, 0.4) is 0 Å². The molecule has 1 aromatic heterocycles. The van der Waals surface area contributed by atoms with Crippen LogP contribution in [0, 0.1) is 17.3 Å². The number of rotatable bonds is 11. The van der Waals surface area contributed by atoms with Gasteiger partial charge in [-0.15, -0.1) is 0 Å². The quantitative estimate of drug-likeness (QED) is 0.188. The molecule has 0 bridgehead atoms. The van der Waals surface area contributed by atoms with Crippen LogP contribution in [-0.2, 0) is 20.6 Å². The molecule has 5 rings (SSSR count). The summed E-state index contributed by atoms with van der Waals surface area (Å²) in [6.45, 7) is 10.5. The molecule has 2 aliphatic rings. The molecule has 1 fully saturated rings. The van der Waals surface area contributed by atoms with Gasteiger partial charge in [-0.3, -0.25) is 4.79 Å². The minimum atomic E-state index is -1.14. The first-order valence-corrected chi connectivity index (χ1v) is 15.1. The van der Waals surface area contributed by atoms with Crippen molar-refractivity contribution in [2.75, 3.05) is 6.61 Å². The number of carboxylic acids is 1. The lowest BCUT2D eigenvalue weighted by Gasteiger charge is -2.47. The van der Waals surface area contributed by atoms with Gasteiger partial charge in [0.1, 0.15) is 36.0 Å². The van der Waals surface area contributed by atoms with E-state index in [-0.39, 0.29) is 58.1 Å². The number of aliphatic carboxylic acids is 1. The lowest BCUT2D eigenvalue weighted by molar-refractivity contribution is -0.162. The van der Waals surface area contributed by atoms with Crippen molar-refractivity contribution in [1.82, 2.24) is 4.90 Å². The summed E-state index contributed by atoms with van der Waals surface area (Å²) < 4.78 is 23.5. The van der Waals surface area contributed by atoms with Gasteiger partial charge in [-0.1, -0.05) is 45.9 Å². The van der Waals surface area contributed by atoms with Gasteiger partial charge in [-0.05, 0) is 42.6 Å². The SMILES string of the molecule is C[C@@H](O[Si]CC(C)(C)C)[C@H]1C(=O)N2C(C(=O)O)=C(COc3ccccc3COc3ccc4ccc(=O)oc4c3)[C@H](C)[C@H]12. The minimum absolute atomic E-state index is 0.00415. The van der Waals surface area contributed by atoms with Crippen molar-refractivity contribution < 1.29 is 33.0 Å². The Labute approximate surface area is 247 Å². The fraction of sp³-hybridized carbons (Fsp3) is 0.406. The molecule has 1 N–H and O–H groups in total. The van der Waals surface area contributed by atoms with Gasteiger partial charge < -0.3 is 28.3 Å². The predicted molar refractivity (Wildman–Crippen MR) is 157 cm³/mol. The summed E-state index contributed by atoms with van der Waals surface area (Å²) in [7, 11) is 0.269. The van der Waals surface area contributed by atoms with E-state index in [0.717, 1.165) is 17.0 Å². The predicted octanol–water partition coefficient (Wildman–Crippen LogP) is 5.05. The average Bonchev–Trinajstić information content (AvgIpc) is 3.18. The Morgan fingerprint density at radius 2 is 1.81 bits per heavy atom. The molecule has 3 heterocycles. The number of nitrogens with zero attached hydrogens (tertiary/aromatic N) is 1. The molecule has 220 valence electrons. The van der Waals surface area contributed by atoms with Crippen molar-refractivity contribution in [2.45, 2.75) is 59.4 Å². The summed E-state index contributed by atoms with van der Waals surface area (Å²) in [5.41, 5.74) is 1.47. The molecule has 3 aromatic rings. The Balaban J connectivity index is 1.27. The van der Waals surface area contributed by atoms with Crippen LogP contribution in [0.2, 0.25) is 6.04 Å². The Hall–Kier alpha value is -3.89. The lowest BCUT2D eigenvalue weighted by Crippen LogP contribution is -2.64. The maximum Gasteiger partial charge on any atom is 0.352 e. The molecule has 2 aliphatic heterocycles. The average molecular weight is 590 g/mol. The van der Waals surface area contributed by atoms with E-state index in [9.17, 15) is 19.5 Å². The smallest absolute Gasteiger partial charge is 0.352 e. The van der Waals surface area contributed by atoms with Crippen molar-refractivity contribution >= 4 is 32.6 Å². The van der Waals surface area contributed by atoms with Gasteiger partial charge in [0.15, 0.2) is 0 Å². The summed E-state index contributed by atoms with van der Waals surface area (Å²) in [6.07, 6.45) is -0.307. The number of carbonyl (C=O) groups is 2. The Bertz CT molecular complexity index is 1590. The number of hydrogen-bond acceptors (Lipinski definition) is 7. The molecule has 0 unspecified atom stereocenters. The zero-order valence-corrected chi connectivity index (χ0v) is 25.4. The van der Waals surface area contributed by atoms with Gasteiger partial charge in [0, 0.05) is 34.6 Å². The zero-order chi connectivity index (χ0) is 30.2. The van der Waals surface area contributed by atoms with Crippen LogP contribution in [0.5, 0.6) is 11.5 Å². The van der Waals surface area contributed by atoms with E-state index < -0.39 is 17.5 Å². The van der Waals surface area contributed by atoms with Crippen molar-refractivity contribution in [3.8, 4) is 11.5 Å². The molecule has 2 radical (unpaired) electrons. The topological polar surface area (TPSA) is 116 Å². The molecule has 9 nitrogen and oxygen atoms in total. The number of carbonyl (C=O) groups excluding carboxylic acids is 1. The summed E-state index contributed by atoms with van der Waals surface area (Å²) in [5.74, 6) is -0.880. The minimum Gasteiger partial charge on any atom is -0.489 e. The zero-order valence-electron chi connectivity index (χ0n) is 24.4. The third kappa shape index (κ3) is 6.00.